The van der Waals surface area contributed by atoms with Crippen molar-refractivity contribution in [3.63, 3.8) is 0 Å². The Hall–Kier alpha value is -1.51. The van der Waals surface area contributed by atoms with E-state index in [1.165, 1.54) is 0 Å². The molecule has 2 heterocycles. The van der Waals surface area contributed by atoms with Crippen LogP contribution in [0.1, 0.15) is 31.0 Å². The molecule has 1 atom stereocenters. The first kappa shape index (κ1) is 16.9. The first-order chi connectivity index (χ1) is 10.7. The van der Waals surface area contributed by atoms with Gasteiger partial charge < -0.3 is 23.6 Å². The van der Waals surface area contributed by atoms with Crippen LogP contribution in [0, 0.1) is 0 Å². The Labute approximate surface area is 129 Å². The van der Waals surface area contributed by atoms with E-state index in [0.717, 1.165) is 19.4 Å². The van der Waals surface area contributed by atoms with Gasteiger partial charge in [0.2, 0.25) is 5.91 Å². The lowest BCUT2D eigenvalue weighted by atomic mass is 10.1. The van der Waals surface area contributed by atoms with Crippen LogP contribution >= 0.6 is 0 Å². The molecule has 0 bridgehead atoms. The fraction of sp³-hybridized carbons (Fsp3) is 0.786. The highest BCUT2D eigenvalue weighted by Gasteiger charge is 2.24. The number of ether oxygens (including phenoxy) is 3. The molecule has 8 heteroatoms. The molecule has 1 saturated heterocycles. The van der Waals surface area contributed by atoms with E-state index in [2.05, 4.69) is 10.1 Å². The SMILES string of the molecule is COCCC(=O)N1CCCC(OCc2noc(COC)n2)C1. The summed E-state index contributed by atoms with van der Waals surface area (Å²) in [7, 11) is 3.16. The number of carbonyl (C=O) groups excluding carboxylic acids is 1. The average molecular weight is 313 g/mol. The van der Waals surface area contributed by atoms with Gasteiger partial charge >= 0.3 is 0 Å². The number of nitrogens with zero attached hydrogens (tertiary/aromatic N) is 3. The van der Waals surface area contributed by atoms with Crippen molar-refractivity contribution >= 4 is 5.91 Å². The van der Waals surface area contributed by atoms with Gasteiger partial charge in [-0.05, 0) is 12.8 Å². The number of hydrogen-bond donors (Lipinski definition) is 0. The van der Waals surface area contributed by atoms with E-state index in [9.17, 15) is 4.79 Å². The molecule has 0 radical (unpaired) electrons. The third kappa shape index (κ3) is 5.04. The van der Waals surface area contributed by atoms with Gasteiger partial charge in [0.05, 0.1) is 19.1 Å². The minimum absolute atomic E-state index is 0.00428. The topological polar surface area (TPSA) is 86.9 Å². The predicted molar refractivity (Wildman–Crippen MR) is 75.9 cm³/mol. The monoisotopic (exact) mass is 313 g/mol. The molecule has 0 saturated carbocycles. The summed E-state index contributed by atoms with van der Waals surface area (Å²) in [6.07, 6.45) is 2.28. The van der Waals surface area contributed by atoms with Crippen LogP contribution in [0.25, 0.3) is 0 Å². The van der Waals surface area contributed by atoms with Crippen molar-refractivity contribution in [2.45, 2.75) is 38.6 Å². The second-order valence-electron chi connectivity index (χ2n) is 5.20. The molecular formula is C14H23N3O5. The number of amides is 1. The lowest BCUT2D eigenvalue weighted by Gasteiger charge is -2.32. The van der Waals surface area contributed by atoms with Gasteiger partial charge in [0.15, 0.2) is 5.82 Å². The second-order valence-corrected chi connectivity index (χ2v) is 5.20. The zero-order chi connectivity index (χ0) is 15.8. The van der Waals surface area contributed by atoms with Crippen molar-refractivity contribution in [2.75, 3.05) is 33.9 Å². The third-order valence-electron chi connectivity index (χ3n) is 3.48. The van der Waals surface area contributed by atoms with Crippen LogP contribution in [0.15, 0.2) is 4.52 Å². The van der Waals surface area contributed by atoms with E-state index in [1.807, 2.05) is 4.90 Å². The number of rotatable bonds is 8. The standard InChI is InChI=1S/C14H23N3O5/c1-19-7-5-14(18)17-6-3-4-11(8-17)21-9-12-15-13(10-20-2)22-16-12/h11H,3-10H2,1-2H3. The molecule has 1 aliphatic rings. The first-order valence-corrected chi connectivity index (χ1v) is 7.41. The van der Waals surface area contributed by atoms with Crippen LogP contribution < -0.4 is 0 Å². The molecule has 1 amide bonds. The van der Waals surface area contributed by atoms with Gasteiger partial charge in [0, 0.05) is 27.3 Å². The fourth-order valence-electron chi connectivity index (χ4n) is 2.37. The zero-order valence-electron chi connectivity index (χ0n) is 13.1. The Kier molecular flexibility index (Phi) is 6.75. The molecule has 1 aromatic rings. The molecule has 1 unspecified atom stereocenters. The van der Waals surface area contributed by atoms with Crippen molar-refractivity contribution in [1.29, 1.82) is 0 Å². The van der Waals surface area contributed by atoms with E-state index in [0.29, 0.717) is 31.3 Å². The van der Waals surface area contributed by atoms with Crippen LogP contribution in [0.5, 0.6) is 0 Å². The molecule has 2 rings (SSSR count). The maximum Gasteiger partial charge on any atom is 0.252 e. The summed E-state index contributed by atoms with van der Waals surface area (Å²) in [4.78, 5) is 18.0. The summed E-state index contributed by atoms with van der Waals surface area (Å²) in [5.41, 5.74) is 0. The van der Waals surface area contributed by atoms with Gasteiger partial charge in [-0.15, -0.1) is 0 Å². The van der Waals surface area contributed by atoms with Gasteiger partial charge in [0.25, 0.3) is 5.89 Å². The van der Waals surface area contributed by atoms with E-state index < -0.39 is 0 Å². The van der Waals surface area contributed by atoms with Crippen LogP contribution in [0.2, 0.25) is 0 Å². The Balaban J connectivity index is 1.76. The molecule has 124 valence electrons. The fourth-order valence-corrected chi connectivity index (χ4v) is 2.37. The molecule has 1 aromatic heterocycles. The zero-order valence-corrected chi connectivity index (χ0v) is 13.1. The van der Waals surface area contributed by atoms with Crippen LogP contribution in [0.3, 0.4) is 0 Å². The van der Waals surface area contributed by atoms with Crippen molar-refractivity contribution in [3.05, 3.63) is 11.7 Å². The highest BCUT2D eigenvalue weighted by molar-refractivity contribution is 5.76. The smallest absolute Gasteiger partial charge is 0.252 e. The molecule has 0 spiro atoms. The molecule has 8 nitrogen and oxygen atoms in total. The summed E-state index contributed by atoms with van der Waals surface area (Å²) in [6, 6.07) is 0. The van der Waals surface area contributed by atoms with Crippen molar-refractivity contribution in [3.8, 4) is 0 Å². The number of hydrogen-bond acceptors (Lipinski definition) is 7. The third-order valence-corrected chi connectivity index (χ3v) is 3.48. The Morgan fingerprint density at radius 1 is 1.36 bits per heavy atom. The normalized spacial score (nSPS) is 18.6. The minimum Gasteiger partial charge on any atom is -0.384 e. The minimum atomic E-state index is 0.00428. The number of likely N-dealkylation sites (tertiary alicyclic amines) is 1. The lowest BCUT2D eigenvalue weighted by Crippen LogP contribution is -2.43. The summed E-state index contributed by atoms with van der Waals surface area (Å²) in [5.74, 6) is 1.04. The van der Waals surface area contributed by atoms with Gasteiger partial charge in [0.1, 0.15) is 13.2 Å². The van der Waals surface area contributed by atoms with Gasteiger partial charge in [-0.3, -0.25) is 4.79 Å². The van der Waals surface area contributed by atoms with E-state index in [1.54, 1.807) is 14.2 Å². The molecular weight excluding hydrogens is 290 g/mol. The van der Waals surface area contributed by atoms with Crippen LogP contribution in [-0.2, 0) is 32.2 Å². The van der Waals surface area contributed by atoms with E-state index >= 15 is 0 Å². The predicted octanol–water partition coefficient (Wildman–Crippen LogP) is 0.760. The summed E-state index contributed by atoms with van der Waals surface area (Å²) in [6.45, 7) is 2.40. The average Bonchev–Trinajstić information content (AvgIpc) is 2.99. The molecule has 1 fully saturated rings. The number of piperidine rings is 1. The molecule has 0 N–H and O–H groups in total. The molecule has 0 aliphatic carbocycles. The van der Waals surface area contributed by atoms with Crippen molar-refractivity contribution in [2.24, 2.45) is 0 Å². The maximum absolute atomic E-state index is 12.0. The highest BCUT2D eigenvalue weighted by atomic mass is 16.5. The van der Waals surface area contributed by atoms with Gasteiger partial charge in [-0.1, -0.05) is 5.16 Å². The highest BCUT2D eigenvalue weighted by Crippen LogP contribution is 2.15. The Bertz CT molecular complexity index is 465. The van der Waals surface area contributed by atoms with E-state index in [4.69, 9.17) is 18.7 Å². The van der Waals surface area contributed by atoms with Crippen LogP contribution in [0.4, 0.5) is 0 Å². The number of carbonyl (C=O) groups is 1. The molecule has 22 heavy (non-hydrogen) atoms. The van der Waals surface area contributed by atoms with Gasteiger partial charge in [-0.2, -0.15) is 4.98 Å². The Morgan fingerprint density at radius 3 is 3.00 bits per heavy atom. The maximum atomic E-state index is 12.0. The first-order valence-electron chi connectivity index (χ1n) is 7.41. The summed E-state index contributed by atoms with van der Waals surface area (Å²) in [5, 5.41) is 3.83. The summed E-state index contributed by atoms with van der Waals surface area (Å²) < 4.78 is 20.7. The number of methoxy groups -OCH3 is 2. The van der Waals surface area contributed by atoms with Crippen LogP contribution in [-0.4, -0.2) is 61.0 Å². The summed E-state index contributed by atoms with van der Waals surface area (Å²) >= 11 is 0. The second kappa shape index (κ2) is 8.82. The van der Waals surface area contributed by atoms with Gasteiger partial charge in [-0.25, -0.2) is 0 Å². The quantitative estimate of drug-likeness (QED) is 0.700. The van der Waals surface area contributed by atoms with Crippen molar-refractivity contribution in [1.82, 2.24) is 15.0 Å². The molecule has 1 aliphatic heterocycles. The van der Waals surface area contributed by atoms with Crippen molar-refractivity contribution < 1.29 is 23.5 Å². The number of aromatic nitrogens is 2. The lowest BCUT2D eigenvalue weighted by molar-refractivity contribution is -0.136. The Morgan fingerprint density at radius 2 is 2.23 bits per heavy atom. The molecule has 0 aromatic carbocycles. The largest absolute Gasteiger partial charge is 0.384 e. The van der Waals surface area contributed by atoms with E-state index in [-0.39, 0.29) is 25.2 Å².